The third kappa shape index (κ3) is 10.3. The Morgan fingerprint density at radius 3 is 2.13 bits per heavy atom. The van der Waals surface area contributed by atoms with Gasteiger partial charge in [0.15, 0.2) is 0 Å². The maximum absolute atomic E-state index is 13.2. The van der Waals surface area contributed by atoms with Gasteiger partial charge in [-0.15, -0.1) is 0 Å². The molecule has 6 N–H and O–H groups in total. The summed E-state index contributed by atoms with van der Waals surface area (Å²) in [4.78, 5) is 61.0. The van der Waals surface area contributed by atoms with Crippen molar-refractivity contribution in [1.82, 2.24) is 16.0 Å². The van der Waals surface area contributed by atoms with E-state index in [1.807, 2.05) is 0 Å². The average Bonchev–Trinajstić information content (AvgIpc) is 2.88. The fourth-order valence-corrected chi connectivity index (χ4v) is 3.50. The van der Waals surface area contributed by atoms with E-state index in [4.69, 9.17) is 10.5 Å². The number of urea groups is 1. The number of anilines is 1. The van der Waals surface area contributed by atoms with Crippen molar-refractivity contribution in [3.8, 4) is 0 Å². The first-order valence-electron chi connectivity index (χ1n) is 12.3. The van der Waals surface area contributed by atoms with Crippen LogP contribution < -0.4 is 27.0 Å². The molecule has 2 rings (SSSR count). The number of primary amides is 1. The molecule has 0 radical (unpaired) electrons. The first-order valence-corrected chi connectivity index (χ1v) is 12.3. The summed E-state index contributed by atoms with van der Waals surface area (Å²) < 4.78 is 4.96. The molecular weight excluding hydrogens is 490 g/mol. The number of hydrogen-bond acceptors (Lipinski definition) is 6. The second kappa shape index (κ2) is 15.0. The zero-order valence-electron chi connectivity index (χ0n) is 21.8. The number of carbonyl (C=O) groups excluding carboxylic acids is 5. The number of amides is 5. The fraction of sp³-hybridized carbons (Fsp3) is 0.370. The van der Waals surface area contributed by atoms with Crippen LogP contribution in [-0.2, 0) is 25.7 Å². The quantitative estimate of drug-likeness (QED) is 0.198. The van der Waals surface area contributed by atoms with Crippen LogP contribution in [0.2, 0.25) is 0 Å². The molecule has 204 valence electrons. The zero-order valence-corrected chi connectivity index (χ0v) is 21.8. The van der Waals surface area contributed by atoms with Crippen molar-refractivity contribution >= 4 is 35.4 Å². The first kappa shape index (κ1) is 29.8. The monoisotopic (exact) mass is 525 g/mol. The molecule has 11 nitrogen and oxygen atoms in total. The lowest BCUT2D eigenvalue weighted by atomic mass is 10.0. The van der Waals surface area contributed by atoms with Gasteiger partial charge in [0, 0.05) is 24.7 Å². The van der Waals surface area contributed by atoms with Crippen LogP contribution in [0.1, 0.15) is 49.5 Å². The number of nitrogens with two attached hydrogens (primary N) is 1. The molecule has 0 saturated carbocycles. The summed E-state index contributed by atoms with van der Waals surface area (Å²) in [5.41, 5.74) is 6.74. The predicted octanol–water partition coefficient (Wildman–Crippen LogP) is 2.08. The van der Waals surface area contributed by atoms with E-state index >= 15 is 0 Å². The van der Waals surface area contributed by atoms with Crippen molar-refractivity contribution in [3.05, 3.63) is 65.7 Å². The van der Waals surface area contributed by atoms with Gasteiger partial charge in [-0.1, -0.05) is 44.2 Å². The molecule has 0 saturated heterocycles. The lowest BCUT2D eigenvalue weighted by molar-refractivity contribution is -0.142. The Kier molecular flexibility index (Phi) is 11.8. The number of benzene rings is 2. The molecule has 0 aromatic heterocycles. The van der Waals surface area contributed by atoms with Gasteiger partial charge >= 0.3 is 12.0 Å². The summed E-state index contributed by atoms with van der Waals surface area (Å²) in [6.45, 7) is 5.23. The van der Waals surface area contributed by atoms with Gasteiger partial charge in [0.25, 0.3) is 5.91 Å². The van der Waals surface area contributed by atoms with Gasteiger partial charge in [0.05, 0.1) is 0 Å². The highest BCUT2D eigenvalue weighted by Crippen LogP contribution is 2.13. The lowest BCUT2D eigenvalue weighted by Gasteiger charge is -2.25. The van der Waals surface area contributed by atoms with Crippen LogP contribution in [0, 0.1) is 5.92 Å². The Balaban J connectivity index is 2.10. The van der Waals surface area contributed by atoms with E-state index in [9.17, 15) is 24.0 Å². The molecule has 2 unspecified atom stereocenters. The molecule has 38 heavy (non-hydrogen) atoms. The van der Waals surface area contributed by atoms with Crippen LogP contribution in [0.5, 0.6) is 0 Å². The van der Waals surface area contributed by atoms with Crippen LogP contribution >= 0.6 is 0 Å². The largest absolute Gasteiger partial charge is 0.461 e. The van der Waals surface area contributed by atoms with Gasteiger partial charge in [0.2, 0.25) is 11.8 Å². The number of rotatable bonds is 13. The van der Waals surface area contributed by atoms with Crippen LogP contribution in [0.25, 0.3) is 0 Å². The summed E-state index contributed by atoms with van der Waals surface area (Å²) in [6.07, 6.45) is 0.575. The van der Waals surface area contributed by atoms with E-state index in [1.54, 1.807) is 68.4 Å². The van der Waals surface area contributed by atoms with Gasteiger partial charge in [0.1, 0.15) is 18.7 Å². The maximum Gasteiger partial charge on any atom is 0.312 e. The molecule has 0 heterocycles. The van der Waals surface area contributed by atoms with Crippen LogP contribution in [0.4, 0.5) is 10.5 Å². The molecule has 0 fully saturated rings. The van der Waals surface area contributed by atoms with Crippen molar-refractivity contribution in [3.63, 3.8) is 0 Å². The van der Waals surface area contributed by atoms with Gasteiger partial charge in [-0.25, -0.2) is 4.79 Å². The van der Waals surface area contributed by atoms with Crippen molar-refractivity contribution in [1.29, 1.82) is 0 Å². The summed E-state index contributed by atoms with van der Waals surface area (Å²) in [5.74, 6) is -2.04. The lowest BCUT2D eigenvalue weighted by Crippen LogP contribution is -2.54. The molecule has 2 aromatic carbocycles. The van der Waals surface area contributed by atoms with Gasteiger partial charge in [-0.3, -0.25) is 19.2 Å². The number of carbonyl (C=O) groups is 5. The minimum atomic E-state index is -0.951. The Bertz CT molecular complexity index is 1100. The molecule has 5 amide bonds. The molecule has 2 aromatic rings. The Morgan fingerprint density at radius 2 is 1.55 bits per heavy atom. The predicted molar refractivity (Wildman–Crippen MR) is 142 cm³/mol. The standard InChI is InChI=1S/C27H35N5O6/c1-17(2)23(32-24(34)20-8-5-4-6-9-20)26(36)31-22(10-7-15-29-27(28)37)25(35)30-21-13-11-19(12-14-21)16-38-18(3)33/h4-6,8-9,11-14,17,22-23H,7,10,15-16H2,1-3H3,(H,30,35)(H,31,36)(H,32,34)(H3,28,29,37). The normalized spacial score (nSPS) is 12.1. The smallest absolute Gasteiger partial charge is 0.312 e. The van der Waals surface area contributed by atoms with Crippen molar-refractivity contribution < 1.29 is 28.7 Å². The second-order valence-corrected chi connectivity index (χ2v) is 9.02. The van der Waals surface area contributed by atoms with E-state index in [1.165, 1.54) is 6.92 Å². The first-order chi connectivity index (χ1) is 18.1. The van der Waals surface area contributed by atoms with Crippen molar-refractivity contribution in [2.45, 2.75) is 52.3 Å². The fourth-order valence-electron chi connectivity index (χ4n) is 3.50. The minimum Gasteiger partial charge on any atom is -0.461 e. The topological polar surface area (TPSA) is 169 Å². The average molecular weight is 526 g/mol. The maximum atomic E-state index is 13.2. The molecule has 0 spiro atoms. The highest BCUT2D eigenvalue weighted by molar-refractivity contribution is 6.00. The van der Waals surface area contributed by atoms with Gasteiger partial charge in [-0.2, -0.15) is 0 Å². The summed E-state index contributed by atoms with van der Waals surface area (Å²) in [5, 5.41) is 10.7. The SMILES string of the molecule is CC(=O)OCc1ccc(NC(=O)C(CCCNC(N)=O)NC(=O)C(NC(=O)c2ccccc2)C(C)C)cc1. The molecule has 0 aliphatic carbocycles. The summed E-state index contributed by atoms with van der Waals surface area (Å²) in [6, 6.07) is 12.7. The van der Waals surface area contributed by atoms with E-state index in [0.717, 1.165) is 5.56 Å². The molecule has 11 heteroatoms. The minimum absolute atomic E-state index is 0.112. The molecule has 0 aliphatic heterocycles. The molecular formula is C27H35N5O6. The van der Waals surface area contributed by atoms with Gasteiger partial charge in [-0.05, 0) is 48.6 Å². The number of nitrogens with one attached hydrogen (secondary N) is 4. The van der Waals surface area contributed by atoms with Crippen LogP contribution in [-0.4, -0.2) is 48.4 Å². The Labute approximate surface area is 221 Å². The second-order valence-electron chi connectivity index (χ2n) is 9.02. The number of ether oxygens (including phenoxy) is 1. The summed E-state index contributed by atoms with van der Waals surface area (Å²) in [7, 11) is 0. The number of hydrogen-bond donors (Lipinski definition) is 5. The van der Waals surface area contributed by atoms with Crippen LogP contribution in [0.3, 0.4) is 0 Å². The van der Waals surface area contributed by atoms with Crippen LogP contribution in [0.15, 0.2) is 54.6 Å². The van der Waals surface area contributed by atoms with E-state index < -0.39 is 41.8 Å². The highest BCUT2D eigenvalue weighted by atomic mass is 16.5. The summed E-state index contributed by atoms with van der Waals surface area (Å²) >= 11 is 0. The third-order valence-corrected chi connectivity index (χ3v) is 5.54. The molecule has 2 atom stereocenters. The Morgan fingerprint density at radius 1 is 0.895 bits per heavy atom. The van der Waals surface area contributed by atoms with E-state index in [2.05, 4.69) is 21.3 Å². The van der Waals surface area contributed by atoms with E-state index in [-0.39, 0.29) is 25.5 Å². The Hall–Kier alpha value is -4.41. The number of esters is 1. The molecule has 0 aliphatic rings. The highest BCUT2D eigenvalue weighted by Gasteiger charge is 2.29. The third-order valence-electron chi connectivity index (χ3n) is 5.54. The van der Waals surface area contributed by atoms with E-state index in [0.29, 0.717) is 17.7 Å². The van der Waals surface area contributed by atoms with Crippen molar-refractivity contribution in [2.24, 2.45) is 11.7 Å². The van der Waals surface area contributed by atoms with Crippen molar-refractivity contribution in [2.75, 3.05) is 11.9 Å². The zero-order chi connectivity index (χ0) is 28.1. The van der Waals surface area contributed by atoms with Gasteiger partial charge < -0.3 is 31.7 Å². The molecule has 0 bridgehead atoms.